The molecule has 2 atom stereocenters. The lowest BCUT2D eigenvalue weighted by molar-refractivity contribution is 0.0792. The van der Waals surface area contributed by atoms with E-state index in [1.807, 2.05) is 6.07 Å². The largest absolute Gasteiger partial charge is 0.453 e. The molecule has 1 N–H and O–H groups in total. The zero-order chi connectivity index (χ0) is 21.9. The van der Waals surface area contributed by atoms with Crippen molar-refractivity contribution in [2.75, 3.05) is 19.9 Å². The van der Waals surface area contributed by atoms with Crippen molar-refractivity contribution in [1.29, 1.82) is 0 Å². The van der Waals surface area contributed by atoms with E-state index in [2.05, 4.69) is 4.72 Å². The molecule has 6 nitrogen and oxygen atoms in total. The van der Waals surface area contributed by atoms with Gasteiger partial charge in [-0.2, -0.15) is 0 Å². The van der Waals surface area contributed by atoms with Crippen LogP contribution in [0.2, 0.25) is 0 Å². The number of halogens is 2. The number of nitrogens with one attached hydrogen (secondary N) is 1. The van der Waals surface area contributed by atoms with Gasteiger partial charge >= 0.3 is 6.09 Å². The van der Waals surface area contributed by atoms with Crippen LogP contribution in [0.3, 0.4) is 0 Å². The van der Waals surface area contributed by atoms with Crippen LogP contribution in [0.15, 0.2) is 42.5 Å². The number of sulfonamides is 1. The maximum Gasteiger partial charge on any atom is 0.409 e. The standard InChI is InChI=1S/C21H24F2N2O4S/c1-29-21(26)25-8-4-7-19(24-30(2,27)28)20(25)10-14-5-3-6-15(9-14)16-11-17(22)13-18(23)12-16/h3,5-6,9,11-13,19-20,24H,4,7-8,10H2,1-2H3/t19-,20-/m0/s1. The molecule has 0 saturated carbocycles. The zero-order valence-electron chi connectivity index (χ0n) is 16.8. The van der Waals surface area contributed by atoms with Crippen LogP contribution in [0, 0.1) is 11.6 Å². The van der Waals surface area contributed by atoms with Crippen LogP contribution < -0.4 is 4.72 Å². The lowest BCUT2D eigenvalue weighted by atomic mass is 9.90. The first-order valence-corrected chi connectivity index (χ1v) is 11.4. The summed E-state index contributed by atoms with van der Waals surface area (Å²) in [7, 11) is -2.19. The smallest absolute Gasteiger partial charge is 0.409 e. The third-order valence-electron chi connectivity index (χ3n) is 5.12. The molecule has 3 rings (SSSR count). The lowest BCUT2D eigenvalue weighted by Crippen LogP contribution is -2.57. The van der Waals surface area contributed by atoms with Crippen LogP contribution in [-0.2, 0) is 21.2 Å². The van der Waals surface area contributed by atoms with Gasteiger partial charge in [-0.15, -0.1) is 0 Å². The van der Waals surface area contributed by atoms with E-state index in [-0.39, 0.29) is 0 Å². The predicted octanol–water partition coefficient (Wildman–Crippen LogP) is 3.32. The fraction of sp³-hybridized carbons (Fsp3) is 0.381. The van der Waals surface area contributed by atoms with Crippen molar-refractivity contribution < 1.29 is 26.7 Å². The van der Waals surface area contributed by atoms with Gasteiger partial charge in [0.1, 0.15) is 11.6 Å². The highest BCUT2D eigenvalue weighted by molar-refractivity contribution is 7.88. The molecule has 1 aliphatic heterocycles. The summed E-state index contributed by atoms with van der Waals surface area (Å²) in [5.41, 5.74) is 1.82. The van der Waals surface area contributed by atoms with Crippen molar-refractivity contribution in [3.63, 3.8) is 0 Å². The number of ether oxygens (including phenoxy) is 1. The van der Waals surface area contributed by atoms with Crippen molar-refractivity contribution in [2.24, 2.45) is 0 Å². The minimum atomic E-state index is -3.48. The van der Waals surface area contributed by atoms with Gasteiger partial charge in [-0.3, -0.25) is 0 Å². The molecule has 2 aromatic carbocycles. The van der Waals surface area contributed by atoms with E-state index in [1.165, 1.54) is 24.1 Å². The average molecular weight is 438 g/mol. The number of piperidine rings is 1. The van der Waals surface area contributed by atoms with E-state index in [1.54, 1.807) is 18.2 Å². The summed E-state index contributed by atoms with van der Waals surface area (Å²) in [6.45, 7) is 0.452. The molecule has 0 bridgehead atoms. The number of rotatable bonds is 5. The van der Waals surface area contributed by atoms with Crippen molar-refractivity contribution in [3.05, 3.63) is 59.7 Å². The number of carbonyl (C=O) groups excluding carboxylic acids is 1. The van der Waals surface area contributed by atoms with Crippen LogP contribution in [0.25, 0.3) is 11.1 Å². The Morgan fingerprint density at radius 1 is 1.17 bits per heavy atom. The Bertz CT molecular complexity index is 1010. The van der Waals surface area contributed by atoms with E-state index in [4.69, 9.17) is 4.74 Å². The normalized spacial score (nSPS) is 19.5. The van der Waals surface area contributed by atoms with Crippen LogP contribution in [0.4, 0.5) is 13.6 Å². The minimum absolute atomic E-state index is 0.355. The molecule has 1 fully saturated rings. The first-order valence-electron chi connectivity index (χ1n) is 9.53. The summed E-state index contributed by atoms with van der Waals surface area (Å²) < 4.78 is 58.4. The Morgan fingerprint density at radius 2 is 1.87 bits per heavy atom. The molecular weight excluding hydrogens is 414 g/mol. The Hall–Kier alpha value is -2.52. The van der Waals surface area contributed by atoms with Crippen molar-refractivity contribution in [1.82, 2.24) is 9.62 Å². The predicted molar refractivity (Wildman–Crippen MR) is 109 cm³/mol. The lowest BCUT2D eigenvalue weighted by Gasteiger charge is -2.40. The number of amides is 1. The molecule has 30 heavy (non-hydrogen) atoms. The summed E-state index contributed by atoms with van der Waals surface area (Å²) in [6, 6.07) is 9.50. The Labute approximate surface area is 174 Å². The molecule has 1 amide bonds. The van der Waals surface area contributed by atoms with Gasteiger partial charge in [0.2, 0.25) is 10.0 Å². The topological polar surface area (TPSA) is 75.7 Å². The highest BCUT2D eigenvalue weighted by Gasteiger charge is 2.36. The quantitative estimate of drug-likeness (QED) is 0.777. The summed E-state index contributed by atoms with van der Waals surface area (Å²) in [6.07, 6.45) is 2.14. The highest BCUT2D eigenvalue weighted by Crippen LogP contribution is 2.26. The highest BCUT2D eigenvalue weighted by atomic mass is 32.2. The average Bonchev–Trinajstić information content (AvgIpc) is 2.67. The number of methoxy groups -OCH3 is 1. The molecule has 1 saturated heterocycles. The van der Waals surface area contributed by atoms with Crippen LogP contribution >= 0.6 is 0 Å². The van der Waals surface area contributed by atoms with Gasteiger partial charge in [-0.05, 0) is 48.1 Å². The first-order chi connectivity index (χ1) is 14.2. The minimum Gasteiger partial charge on any atom is -0.453 e. The van der Waals surface area contributed by atoms with Crippen molar-refractivity contribution >= 4 is 16.1 Å². The van der Waals surface area contributed by atoms with E-state index < -0.39 is 39.8 Å². The second-order valence-electron chi connectivity index (χ2n) is 7.43. The Kier molecular flexibility index (Phi) is 6.72. The molecule has 0 aromatic heterocycles. The first kappa shape index (κ1) is 22.2. The summed E-state index contributed by atoms with van der Waals surface area (Å²) >= 11 is 0. The van der Waals surface area contributed by atoms with Gasteiger partial charge in [-0.25, -0.2) is 26.7 Å². The van der Waals surface area contributed by atoms with E-state index in [9.17, 15) is 22.0 Å². The second-order valence-corrected chi connectivity index (χ2v) is 9.21. The molecular formula is C21H24F2N2O4S. The molecule has 1 aliphatic rings. The Balaban J connectivity index is 1.92. The van der Waals surface area contributed by atoms with Crippen molar-refractivity contribution in [3.8, 4) is 11.1 Å². The van der Waals surface area contributed by atoms with Gasteiger partial charge in [0, 0.05) is 18.7 Å². The van der Waals surface area contributed by atoms with Crippen molar-refractivity contribution in [2.45, 2.75) is 31.3 Å². The van der Waals surface area contributed by atoms with Gasteiger partial charge in [0.05, 0.1) is 19.4 Å². The monoisotopic (exact) mass is 438 g/mol. The van der Waals surface area contributed by atoms with Gasteiger partial charge in [0.25, 0.3) is 0 Å². The van der Waals surface area contributed by atoms with Gasteiger partial charge < -0.3 is 9.64 Å². The maximum absolute atomic E-state index is 13.6. The zero-order valence-corrected chi connectivity index (χ0v) is 17.6. The van der Waals surface area contributed by atoms with E-state index >= 15 is 0 Å². The summed E-state index contributed by atoms with van der Waals surface area (Å²) in [5, 5.41) is 0. The number of carbonyl (C=O) groups is 1. The fourth-order valence-corrected chi connectivity index (χ4v) is 4.73. The molecule has 9 heteroatoms. The molecule has 0 aliphatic carbocycles. The van der Waals surface area contributed by atoms with Crippen LogP contribution in [0.1, 0.15) is 18.4 Å². The molecule has 1 heterocycles. The molecule has 0 unspecified atom stereocenters. The molecule has 162 valence electrons. The number of hydrogen-bond acceptors (Lipinski definition) is 4. The Morgan fingerprint density at radius 3 is 2.50 bits per heavy atom. The fourth-order valence-electron chi connectivity index (χ4n) is 3.91. The molecule has 0 spiro atoms. The van der Waals surface area contributed by atoms with Gasteiger partial charge in [-0.1, -0.05) is 24.3 Å². The number of likely N-dealkylation sites (tertiary alicyclic amines) is 1. The number of benzene rings is 2. The molecule has 2 aromatic rings. The van der Waals surface area contributed by atoms with E-state index in [0.717, 1.165) is 17.9 Å². The SMILES string of the molecule is COC(=O)N1CCC[C@H](NS(C)(=O)=O)[C@@H]1Cc1cccc(-c2cc(F)cc(F)c2)c1. The van der Waals surface area contributed by atoms with Gasteiger partial charge in [0.15, 0.2) is 0 Å². The summed E-state index contributed by atoms with van der Waals surface area (Å²) in [5.74, 6) is -1.34. The van der Waals surface area contributed by atoms with E-state index in [0.29, 0.717) is 36.9 Å². The van der Waals surface area contributed by atoms with Crippen LogP contribution in [0.5, 0.6) is 0 Å². The second kappa shape index (κ2) is 9.09. The third kappa shape index (κ3) is 5.54. The number of hydrogen-bond donors (Lipinski definition) is 1. The van der Waals surface area contributed by atoms with Crippen LogP contribution in [-0.4, -0.2) is 51.4 Å². The maximum atomic E-state index is 13.6. The summed E-state index contributed by atoms with van der Waals surface area (Å²) in [4.78, 5) is 13.8. The third-order valence-corrected chi connectivity index (χ3v) is 5.85. The molecule has 0 radical (unpaired) electrons. The number of nitrogens with zero attached hydrogens (tertiary/aromatic N) is 1.